The summed E-state index contributed by atoms with van der Waals surface area (Å²) in [4.78, 5) is 21.1. The SMILES string of the molecule is CCOC(C)C(=O)O.NC(=O)C=CBr. The molecule has 0 fully saturated rings. The number of rotatable bonds is 4. The second-order valence-electron chi connectivity index (χ2n) is 2.13. The third kappa shape index (κ3) is 13.7. The van der Waals surface area contributed by atoms with Gasteiger partial charge in [-0.2, -0.15) is 0 Å². The molecule has 0 aliphatic carbocycles. The van der Waals surface area contributed by atoms with Crippen molar-refractivity contribution in [2.45, 2.75) is 20.0 Å². The Hall–Kier alpha value is -0.880. The first kappa shape index (κ1) is 15.6. The molecule has 0 saturated carbocycles. The van der Waals surface area contributed by atoms with E-state index in [4.69, 9.17) is 9.84 Å². The molecule has 82 valence electrons. The van der Waals surface area contributed by atoms with Crippen LogP contribution in [0, 0.1) is 0 Å². The maximum Gasteiger partial charge on any atom is 0.332 e. The van der Waals surface area contributed by atoms with E-state index in [1.54, 1.807) is 6.92 Å². The summed E-state index contributed by atoms with van der Waals surface area (Å²) < 4.78 is 4.70. The summed E-state index contributed by atoms with van der Waals surface area (Å²) in [6.45, 7) is 3.72. The molecule has 0 aromatic rings. The lowest BCUT2D eigenvalue weighted by molar-refractivity contribution is -0.148. The Bertz CT molecular complexity index is 206. The van der Waals surface area contributed by atoms with Crippen molar-refractivity contribution >= 4 is 27.8 Å². The number of halogens is 1. The fourth-order valence-corrected chi connectivity index (χ4v) is 0.644. The van der Waals surface area contributed by atoms with E-state index >= 15 is 0 Å². The van der Waals surface area contributed by atoms with Crippen LogP contribution in [0.1, 0.15) is 13.8 Å². The predicted octanol–water partition coefficient (Wildman–Crippen LogP) is 0.876. The number of carbonyl (C=O) groups excluding carboxylic acids is 1. The zero-order valence-corrected chi connectivity index (χ0v) is 9.65. The van der Waals surface area contributed by atoms with Crippen LogP contribution in [0.2, 0.25) is 0 Å². The normalized spacial score (nSPS) is 11.6. The molecule has 6 heteroatoms. The number of hydrogen-bond acceptors (Lipinski definition) is 3. The Morgan fingerprint density at radius 3 is 2.21 bits per heavy atom. The van der Waals surface area contributed by atoms with Crippen molar-refractivity contribution in [1.82, 2.24) is 0 Å². The van der Waals surface area contributed by atoms with Crippen molar-refractivity contribution < 1.29 is 19.4 Å². The minimum atomic E-state index is -0.910. The van der Waals surface area contributed by atoms with Crippen molar-refractivity contribution in [3.63, 3.8) is 0 Å². The lowest BCUT2D eigenvalue weighted by atomic mass is 10.4. The van der Waals surface area contributed by atoms with Crippen molar-refractivity contribution in [3.8, 4) is 0 Å². The van der Waals surface area contributed by atoms with Gasteiger partial charge in [0.1, 0.15) is 0 Å². The molecule has 0 bridgehead atoms. The van der Waals surface area contributed by atoms with E-state index in [2.05, 4.69) is 21.7 Å². The summed E-state index contributed by atoms with van der Waals surface area (Å²) in [6.07, 6.45) is 0.556. The third-order valence-corrected chi connectivity index (χ3v) is 1.26. The maximum atomic E-state index is 9.96. The van der Waals surface area contributed by atoms with Crippen LogP contribution in [0.5, 0.6) is 0 Å². The van der Waals surface area contributed by atoms with Crippen LogP contribution in [-0.2, 0) is 14.3 Å². The van der Waals surface area contributed by atoms with E-state index in [0.717, 1.165) is 0 Å². The van der Waals surface area contributed by atoms with Gasteiger partial charge in [-0.1, -0.05) is 15.9 Å². The van der Waals surface area contributed by atoms with Gasteiger partial charge in [-0.05, 0) is 18.8 Å². The van der Waals surface area contributed by atoms with Crippen LogP contribution in [0.3, 0.4) is 0 Å². The first-order valence-corrected chi connectivity index (χ1v) is 4.77. The van der Waals surface area contributed by atoms with Gasteiger partial charge in [0.25, 0.3) is 0 Å². The Kier molecular flexibility index (Phi) is 11.4. The molecule has 1 amide bonds. The Morgan fingerprint density at radius 2 is 2.14 bits per heavy atom. The van der Waals surface area contributed by atoms with Gasteiger partial charge >= 0.3 is 5.97 Å². The largest absolute Gasteiger partial charge is 0.479 e. The highest BCUT2D eigenvalue weighted by molar-refractivity contribution is 9.11. The van der Waals surface area contributed by atoms with Crippen LogP contribution in [0.25, 0.3) is 0 Å². The molecule has 1 unspecified atom stereocenters. The highest BCUT2D eigenvalue weighted by atomic mass is 79.9. The minimum Gasteiger partial charge on any atom is -0.479 e. The van der Waals surface area contributed by atoms with Gasteiger partial charge in [0, 0.05) is 12.7 Å². The Balaban J connectivity index is 0. The maximum absolute atomic E-state index is 9.96. The summed E-state index contributed by atoms with van der Waals surface area (Å²) in [5.74, 6) is -1.35. The number of aliphatic carboxylic acids is 1. The van der Waals surface area contributed by atoms with E-state index in [-0.39, 0.29) is 0 Å². The second kappa shape index (κ2) is 10.2. The van der Waals surface area contributed by atoms with Gasteiger partial charge in [0.15, 0.2) is 6.10 Å². The van der Waals surface area contributed by atoms with Gasteiger partial charge in [0.05, 0.1) is 0 Å². The minimum absolute atomic E-state index is 0.438. The standard InChI is InChI=1S/C5H10O3.C3H4BrNO/c1-3-8-4(2)5(6)7;4-2-1-3(5)6/h4H,3H2,1-2H3,(H,6,7);1-2H,(H2,5,6). The lowest BCUT2D eigenvalue weighted by Gasteiger charge is -2.03. The van der Waals surface area contributed by atoms with Crippen LogP contribution < -0.4 is 5.73 Å². The Labute approximate surface area is 91.0 Å². The summed E-state index contributed by atoms with van der Waals surface area (Å²) >= 11 is 2.87. The fourth-order valence-electron chi connectivity index (χ4n) is 0.383. The lowest BCUT2D eigenvalue weighted by Crippen LogP contribution is -2.19. The van der Waals surface area contributed by atoms with E-state index < -0.39 is 18.0 Å². The molecule has 0 aliphatic heterocycles. The molecule has 0 radical (unpaired) electrons. The van der Waals surface area contributed by atoms with E-state index in [1.165, 1.54) is 18.0 Å². The molecule has 0 spiro atoms. The summed E-state index contributed by atoms with van der Waals surface area (Å²) in [6, 6.07) is 0. The summed E-state index contributed by atoms with van der Waals surface area (Å²) in [5, 5.41) is 8.19. The molecular weight excluding hydrogens is 254 g/mol. The monoisotopic (exact) mass is 267 g/mol. The van der Waals surface area contributed by atoms with E-state index in [9.17, 15) is 9.59 Å². The number of ether oxygens (including phenoxy) is 1. The molecule has 0 rings (SSSR count). The Morgan fingerprint density at radius 1 is 1.64 bits per heavy atom. The van der Waals surface area contributed by atoms with Gasteiger partial charge in [-0.15, -0.1) is 0 Å². The highest BCUT2D eigenvalue weighted by Gasteiger charge is 2.07. The van der Waals surface area contributed by atoms with Gasteiger partial charge in [0.2, 0.25) is 5.91 Å². The third-order valence-electron chi connectivity index (χ3n) is 0.992. The van der Waals surface area contributed by atoms with Crippen LogP contribution >= 0.6 is 15.9 Å². The van der Waals surface area contributed by atoms with Crippen LogP contribution in [-0.4, -0.2) is 29.7 Å². The molecule has 0 aromatic carbocycles. The molecule has 1 atom stereocenters. The first-order chi connectivity index (χ1) is 6.45. The number of carboxylic acids is 1. The number of nitrogens with two attached hydrogens (primary N) is 1. The summed E-state index contributed by atoms with van der Waals surface area (Å²) in [5.41, 5.74) is 4.65. The first-order valence-electron chi connectivity index (χ1n) is 3.86. The number of amides is 1. The van der Waals surface area contributed by atoms with Crippen LogP contribution in [0.15, 0.2) is 11.1 Å². The zero-order chi connectivity index (χ0) is 11.6. The van der Waals surface area contributed by atoms with Gasteiger partial charge in [-0.3, -0.25) is 4.79 Å². The number of carboxylic acid groups (broad SMARTS) is 1. The molecule has 3 N–H and O–H groups in total. The van der Waals surface area contributed by atoms with E-state index in [0.29, 0.717) is 6.61 Å². The van der Waals surface area contributed by atoms with Gasteiger partial charge in [-0.25, -0.2) is 4.79 Å². The number of hydrogen-bond donors (Lipinski definition) is 2. The number of primary amides is 1. The van der Waals surface area contributed by atoms with Gasteiger partial charge < -0.3 is 15.6 Å². The molecule has 0 aromatic heterocycles. The molecule has 5 nitrogen and oxygen atoms in total. The predicted molar refractivity (Wildman–Crippen MR) is 56.0 cm³/mol. The van der Waals surface area contributed by atoms with Crippen molar-refractivity contribution in [2.75, 3.05) is 6.61 Å². The average molecular weight is 268 g/mol. The smallest absolute Gasteiger partial charge is 0.332 e. The fraction of sp³-hybridized carbons (Fsp3) is 0.500. The number of carbonyl (C=O) groups is 2. The molecule has 0 saturated heterocycles. The van der Waals surface area contributed by atoms with Crippen molar-refractivity contribution in [2.24, 2.45) is 5.73 Å². The van der Waals surface area contributed by atoms with Crippen molar-refractivity contribution in [1.29, 1.82) is 0 Å². The summed E-state index contributed by atoms with van der Waals surface area (Å²) in [7, 11) is 0. The second-order valence-corrected chi connectivity index (χ2v) is 2.66. The van der Waals surface area contributed by atoms with Crippen molar-refractivity contribution in [3.05, 3.63) is 11.1 Å². The molecule has 0 heterocycles. The van der Waals surface area contributed by atoms with E-state index in [1.807, 2.05) is 0 Å². The molecular formula is C8H14BrNO4. The van der Waals surface area contributed by atoms with Crippen LogP contribution in [0.4, 0.5) is 0 Å². The topological polar surface area (TPSA) is 89.6 Å². The molecule has 0 aliphatic rings. The molecule has 14 heavy (non-hydrogen) atoms. The highest BCUT2D eigenvalue weighted by Crippen LogP contribution is 1.87. The zero-order valence-electron chi connectivity index (χ0n) is 8.07. The quantitative estimate of drug-likeness (QED) is 0.740. The average Bonchev–Trinajstić information content (AvgIpc) is 2.05.